The largest absolute Gasteiger partial charge is 0.495 e. The minimum atomic E-state index is -0.720. The third-order valence-electron chi connectivity index (χ3n) is 6.57. The van der Waals surface area contributed by atoms with Crippen LogP contribution < -0.4 is 10.5 Å². The molecule has 1 heterocycles. The lowest BCUT2D eigenvalue weighted by atomic mass is 9.81. The molecule has 0 spiro atoms. The van der Waals surface area contributed by atoms with E-state index in [-0.39, 0.29) is 35.0 Å². The Morgan fingerprint density at radius 3 is 2.41 bits per heavy atom. The van der Waals surface area contributed by atoms with E-state index in [9.17, 15) is 13.2 Å². The molecule has 10 heteroatoms. The molecule has 1 aromatic heterocycles. The normalized spacial score (nSPS) is 11.2. The Labute approximate surface area is 246 Å². The molecule has 41 heavy (non-hydrogen) atoms. The highest BCUT2D eigenvalue weighted by Gasteiger charge is 2.30. The van der Waals surface area contributed by atoms with Crippen LogP contribution >= 0.6 is 23.4 Å². The van der Waals surface area contributed by atoms with Crippen molar-refractivity contribution in [3.63, 3.8) is 0 Å². The highest BCUT2D eigenvalue weighted by atomic mass is 35.5. The number of halogens is 4. The van der Waals surface area contributed by atoms with E-state index < -0.39 is 17.0 Å². The van der Waals surface area contributed by atoms with Crippen LogP contribution in [0.25, 0.3) is 5.69 Å². The highest BCUT2D eigenvalue weighted by molar-refractivity contribution is 7.98. The van der Waals surface area contributed by atoms with Crippen LogP contribution in [0.3, 0.4) is 0 Å². The summed E-state index contributed by atoms with van der Waals surface area (Å²) < 4.78 is 51.0. The molecule has 5 nitrogen and oxygen atoms in total. The van der Waals surface area contributed by atoms with Crippen molar-refractivity contribution in [2.75, 3.05) is 7.11 Å². The molecule has 0 fully saturated rings. The molecule has 212 valence electrons. The van der Waals surface area contributed by atoms with Crippen LogP contribution in [0.5, 0.6) is 5.75 Å². The minimum Gasteiger partial charge on any atom is -0.495 e. The summed E-state index contributed by atoms with van der Waals surface area (Å²) in [6, 6.07) is 13.8. The molecule has 0 saturated carbocycles. The number of amidine groups is 1. The van der Waals surface area contributed by atoms with Gasteiger partial charge < -0.3 is 10.5 Å². The van der Waals surface area contributed by atoms with Gasteiger partial charge >= 0.3 is 0 Å². The second-order valence-corrected chi connectivity index (χ2v) is 11.1. The minimum absolute atomic E-state index is 0.00229. The zero-order valence-electron chi connectivity index (χ0n) is 22.7. The Kier molecular flexibility index (Phi) is 9.36. The Morgan fingerprint density at radius 2 is 1.78 bits per heavy atom. The van der Waals surface area contributed by atoms with E-state index in [2.05, 4.69) is 16.8 Å². The molecular formula is C31H28ClF3N4OS. The number of ether oxygens (including phenoxy) is 1. The summed E-state index contributed by atoms with van der Waals surface area (Å²) in [5.41, 5.74) is 7.10. The first-order valence-electron chi connectivity index (χ1n) is 12.6. The molecule has 0 radical (unpaired) electrons. The molecule has 0 atom stereocenters. The van der Waals surface area contributed by atoms with Gasteiger partial charge in [0.05, 0.1) is 29.9 Å². The fourth-order valence-corrected chi connectivity index (χ4v) is 5.43. The monoisotopic (exact) mass is 596 g/mol. The van der Waals surface area contributed by atoms with Gasteiger partial charge in [-0.1, -0.05) is 55.1 Å². The number of benzene rings is 3. The maximum Gasteiger partial charge on any atom is 0.173 e. The molecule has 0 aliphatic rings. The van der Waals surface area contributed by atoms with Gasteiger partial charge in [0.2, 0.25) is 0 Å². The number of hydrogen-bond donors (Lipinski definition) is 2. The van der Waals surface area contributed by atoms with Crippen molar-refractivity contribution in [2.24, 2.45) is 5.73 Å². The molecular weight excluding hydrogens is 569 g/mol. The third kappa shape index (κ3) is 6.89. The second-order valence-electron chi connectivity index (χ2n) is 9.75. The maximum absolute atomic E-state index is 15.0. The number of aromatic nitrogens is 2. The fourth-order valence-electron chi connectivity index (χ4n) is 4.23. The second kappa shape index (κ2) is 12.8. The van der Waals surface area contributed by atoms with Crippen molar-refractivity contribution in [3.05, 3.63) is 106 Å². The summed E-state index contributed by atoms with van der Waals surface area (Å²) in [5.74, 6) is 4.14. The van der Waals surface area contributed by atoms with Crippen molar-refractivity contribution in [1.82, 2.24) is 9.55 Å². The number of methoxy groups -OCH3 is 1. The predicted octanol–water partition coefficient (Wildman–Crippen LogP) is 7.64. The lowest BCUT2D eigenvalue weighted by Crippen LogP contribution is -2.23. The van der Waals surface area contributed by atoms with Gasteiger partial charge in [0, 0.05) is 40.8 Å². The van der Waals surface area contributed by atoms with E-state index in [1.165, 1.54) is 24.3 Å². The average molecular weight is 597 g/mol. The number of nitrogens with two attached hydrogens (primary N) is 1. The summed E-state index contributed by atoms with van der Waals surface area (Å²) in [7, 11) is 1.54. The van der Waals surface area contributed by atoms with E-state index in [4.69, 9.17) is 27.5 Å². The first-order chi connectivity index (χ1) is 19.5. The molecule has 3 aromatic carbocycles. The van der Waals surface area contributed by atoms with Gasteiger partial charge in [0.15, 0.2) is 5.16 Å². The molecule has 4 aromatic rings. The van der Waals surface area contributed by atoms with Crippen LogP contribution in [0.2, 0.25) is 5.02 Å². The van der Waals surface area contributed by atoms with Crippen molar-refractivity contribution >= 4 is 29.2 Å². The van der Waals surface area contributed by atoms with Crippen LogP contribution in [0.15, 0.2) is 66.0 Å². The van der Waals surface area contributed by atoms with Gasteiger partial charge in [0.1, 0.15) is 23.2 Å². The summed E-state index contributed by atoms with van der Waals surface area (Å²) in [4.78, 5) is 4.60. The van der Waals surface area contributed by atoms with Gasteiger partial charge in [-0.15, -0.1) is 0 Å². The number of imidazole rings is 1. The molecule has 0 unspecified atom stereocenters. The maximum atomic E-state index is 15.0. The Hall–Kier alpha value is -3.87. The van der Waals surface area contributed by atoms with Gasteiger partial charge in [-0.2, -0.15) is 0 Å². The van der Waals surface area contributed by atoms with Crippen LogP contribution in [-0.2, 0) is 11.2 Å². The highest BCUT2D eigenvalue weighted by Crippen LogP contribution is 2.39. The van der Waals surface area contributed by atoms with E-state index in [0.29, 0.717) is 28.0 Å². The van der Waals surface area contributed by atoms with Crippen LogP contribution in [0.1, 0.15) is 49.1 Å². The lowest BCUT2D eigenvalue weighted by molar-refractivity contribution is 0.413. The first kappa shape index (κ1) is 30.1. The van der Waals surface area contributed by atoms with Crippen molar-refractivity contribution < 1.29 is 17.9 Å². The summed E-state index contributed by atoms with van der Waals surface area (Å²) in [6.45, 7) is 4.02. The van der Waals surface area contributed by atoms with Crippen molar-refractivity contribution in [3.8, 4) is 23.3 Å². The van der Waals surface area contributed by atoms with Crippen LogP contribution in [-0.4, -0.2) is 22.5 Å². The van der Waals surface area contributed by atoms with Gasteiger partial charge in [-0.3, -0.25) is 9.98 Å². The smallest absolute Gasteiger partial charge is 0.173 e. The van der Waals surface area contributed by atoms with E-state index >= 15 is 0 Å². The zero-order valence-corrected chi connectivity index (χ0v) is 24.3. The summed E-state index contributed by atoms with van der Waals surface area (Å²) in [6.07, 6.45) is 2.32. The number of hydrogen-bond acceptors (Lipinski definition) is 4. The molecule has 0 amide bonds. The fraction of sp³-hybridized carbons (Fsp3) is 0.226. The summed E-state index contributed by atoms with van der Waals surface area (Å²) in [5, 5.41) is 8.19. The van der Waals surface area contributed by atoms with E-state index in [0.717, 1.165) is 23.0 Å². The van der Waals surface area contributed by atoms with E-state index in [1.54, 1.807) is 31.5 Å². The summed E-state index contributed by atoms with van der Waals surface area (Å²) >= 11 is 7.41. The average Bonchev–Trinajstić information content (AvgIpc) is 3.36. The van der Waals surface area contributed by atoms with Crippen LogP contribution in [0, 0.1) is 34.7 Å². The molecule has 0 saturated heterocycles. The van der Waals surface area contributed by atoms with Crippen molar-refractivity contribution in [1.29, 1.82) is 5.41 Å². The predicted molar refractivity (Wildman–Crippen MR) is 158 cm³/mol. The quantitative estimate of drug-likeness (QED) is 0.0901. The molecule has 0 aliphatic heterocycles. The number of thioether (sulfide) groups is 1. The topological polar surface area (TPSA) is 76.9 Å². The van der Waals surface area contributed by atoms with Gasteiger partial charge in [-0.05, 0) is 54.1 Å². The lowest BCUT2D eigenvalue weighted by Gasteiger charge is -2.28. The van der Waals surface area contributed by atoms with Gasteiger partial charge in [-0.25, -0.2) is 18.2 Å². The molecule has 3 N–H and O–H groups in total. The number of nitrogens with one attached hydrogen (secondary N) is 1. The Balaban J connectivity index is 1.69. The Bertz CT molecular complexity index is 1620. The zero-order chi connectivity index (χ0) is 29.7. The first-order valence-corrected chi connectivity index (χ1v) is 14.0. The third-order valence-corrected chi connectivity index (χ3v) is 7.86. The SMILES string of the molecule is COc1cc(C(C)(C)c2cnc(SCc3c(F)cc(C#CCCC(=N)N)cc3F)n2-c2ccc(F)cc2)ccc1Cl. The molecule has 4 rings (SSSR count). The standard InChI is InChI=1S/C31H28ClF3N4OS/c1-31(2,20-8-13-24(32)27(16-20)40-3)28-17-38-30(39(28)22-11-9-21(33)10-12-22)41-18-23-25(34)14-19(15-26(23)35)6-4-5-7-29(36)37/h8-17H,5,7,18H2,1-3H3,(H3,36,37). The van der Waals surface area contributed by atoms with E-state index in [1.807, 2.05) is 30.5 Å². The Morgan fingerprint density at radius 1 is 1.10 bits per heavy atom. The number of nitrogens with zero attached hydrogens (tertiary/aromatic N) is 2. The van der Waals surface area contributed by atoms with Gasteiger partial charge in [0.25, 0.3) is 0 Å². The molecule has 0 aliphatic carbocycles. The van der Waals surface area contributed by atoms with Crippen LogP contribution in [0.4, 0.5) is 13.2 Å². The molecule has 0 bridgehead atoms. The van der Waals surface area contributed by atoms with Crippen molar-refractivity contribution in [2.45, 2.75) is 43.0 Å². The number of rotatable bonds is 9.